The first-order chi connectivity index (χ1) is 24.4. The normalized spacial score (nSPS) is 21.3. The van der Waals surface area contributed by atoms with E-state index in [-0.39, 0.29) is 42.0 Å². The Morgan fingerprint density at radius 2 is 1.61 bits per heavy atom. The third kappa shape index (κ3) is 6.87. The first-order valence-corrected chi connectivity index (χ1v) is 18.2. The summed E-state index contributed by atoms with van der Waals surface area (Å²) < 4.78 is 45.9. The molecule has 0 spiro atoms. The Kier molecular flexibility index (Phi) is 9.41. The highest BCUT2D eigenvalue weighted by atomic mass is 19.4. The second kappa shape index (κ2) is 13.7. The van der Waals surface area contributed by atoms with Gasteiger partial charge in [0.15, 0.2) is 0 Å². The number of benzene rings is 3. The van der Waals surface area contributed by atoms with Gasteiger partial charge < -0.3 is 24.8 Å². The number of nitrogens with one attached hydrogen (secondary N) is 2. The summed E-state index contributed by atoms with van der Waals surface area (Å²) in [5, 5.41) is 4.31. The number of aromatic amines is 1. The van der Waals surface area contributed by atoms with Crippen LogP contribution in [0.1, 0.15) is 80.7 Å². The maximum absolute atomic E-state index is 14.8. The minimum absolute atomic E-state index is 0.0365. The number of morpholine rings is 1. The van der Waals surface area contributed by atoms with Crippen LogP contribution in [0.25, 0.3) is 10.9 Å². The Labute approximate surface area is 297 Å². The van der Waals surface area contributed by atoms with Gasteiger partial charge in [0.05, 0.1) is 18.8 Å². The van der Waals surface area contributed by atoms with Crippen molar-refractivity contribution in [3.63, 3.8) is 0 Å². The molecule has 3 fully saturated rings. The van der Waals surface area contributed by atoms with Crippen LogP contribution < -0.4 is 10.2 Å². The number of anilines is 2. The maximum atomic E-state index is 14.8. The first-order valence-electron chi connectivity index (χ1n) is 18.2. The Hall–Kier alpha value is -4.31. The van der Waals surface area contributed by atoms with E-state index in [1.165, 1.54) is 17.7 Å². The number of hydrogen-bond donors (Lipinski definition) is 2. The molecular formula is C41H47F3N4O3. The molecule has 7 rings (SSSR count). The fourth-order valence-corrected chi connectivity index (χ4v) is 8.74. The van der Waals surface area contributed by atoms with Crippen LogP contribution in [0.5, 0.6) is 0 Å². The van der Waals surface area contributed by atoms with Crippen LogP contribution in [0.4, 0.5) is 24.5 Å². The summed E-state index contributed by atoms with van der Waals surface area (Å²) in [4.78, 5) is 36.8. The minimum Gasteiger partial charge on any atom is -0.378 e. The smallest absolute Gasteiger partial charge is 0.378 e. The number of fused-ring (bicyclic) bond motifs is 1. The van der Waals surface area contributed by atoms with Gasteiger partial charge in [-0.05, 0) is 90.6 Å². The summed E-state index contributed by atoms with van der Waals surface area (Å²) in [6.45, 7) is 9.46. The van der Waals surface area contributed by atoms with Gasteiger partial charge in [0.25, 0.3) is 0 Å². The molecule has 2 N–H and O–H groups in total. The third-order valence-corrected chi connectivity index (χ3v) is 11.7. The summed E-state index contributed by atoms with van der Waals surface area (Å²) in [7, 11) is 0. The van der Waals surface area contributed by atoms with E-state index in [0.29, 0.717) is 37.3 Å². The zero-order chi connectivity index (χ0) is 36.0. The minimum atomic E-state index is -4.47. The number of amides is 2. The van der Waals surface area contributed by atoms with Gasteiger partial charge in [-0.25, -0.2) is 0 Å². The third-order valence-electron chi connectivity index (χ3n) is 11.7. The van der Waals surface area contributed by atoms with Gasteiger partial charge in [0, 0.05) is 54.0 Å². The molecule has 2 saturated carbocycles. The van der Waals surface area contributed by atoms with E-state index in [2.05, 4.69) is 48.1 Å². The monoisotopic (exact) mass is 700 g/mol. The van der Waals surface area contributed by atoms with E-state index in [4.69, 9.17) is 4.74 Å². The molecule has 3 aliphatic rings. The van der Waals surface area contributed by atoms with Crippen molar-refractivity contribution in [3.05, 3.63) is 95.2 Å². The zero-order valence-corrected chi connectivity index (χ0v) is 29.6. The Bertz CT molecular complexity index is 1870. The van der Waals surface area contributed by atoms with Gasteiger partial charge in [-0.15, -0.1) is 0 Å². The van der Waals surface area contributed by atoms with E-state index >= 15 is 0 Å². The predicted octanol–water partition coefficient (Wildman–Crippen LogP) is 8.83. The van der Waals surface area contributed by atoms with Gasteiger partial charge in [-0.2, -0.15) is 13.2 Å². The number of ether oxygens (including phenoxy) is 1. The molecule has 10 heteroatoms. The van der Waals surface area contributed by atoms with Gasteiger partial charge in [0.1, 0.15) is 5.54 Å². The van der Waals surface area contributed by atoms with E-state index in [0.717, 1.165) is 66.8 Å². The largest absolute Gasteiger partial charge is 0.416 e. The van der Waals surface area contributed by atoms with Crippen molar-refractivity contribution in [1.82, 2.24) is 9.88 Å². The molecule has 1 aromatic heterocycles. The number of aromatic nitrogens is 1. The van der Waals surface area contributed by atoms with Gasteiger partial charge in [0.2, 0.25) is 11.8 Å². The summed E-state index contributed by atoms with van der Waals surface area (Å²) in [6.07, 6.45) is -0.780. The quantitative estimate of drug-likeness (QED) is 0.183. The number of nitrogens with zero attached hydrogens (tertiary/aromatic N) is 2. The number of rotatable bonds is 9. The van der Waals surface area contributed by atoms with E-state index in [1.807, 2.05) is 36.4 Å². The molecular weight excluding hydrogens is 653 g/mol. The molecule has 0 bridgehead atoms. The lowest BCUT2D eigenvalue weighted by molar-refractivity contribution is -0.149. The van der Waals surface area contributed by atoms with Gasteiger partial charge >= 0.3 is 6.18 Å². The van der Waals surface area contributed by atoms with Crippen LogP contribution in [0.15, 0.2) is 72.8 Å². The van der Waals surface area contributed by atoms with Crippen molar-refractivity contribution in [2.24, 2.45) is 11.3 Å². The predicted molar refractivity (Wildman–Crippen MR) is 194 cm³/mol. The average Bonchev–Trinajstić information content (AvgIpc) is 3.47. The molecule has 2 aliphatic carbocycles. The topological polar surface area (TPSA) is 77.7 Å². The SMILES string of the molecule is Cc1[nH]c2ccccc2c1[C@H]1[C@H](CC(=O)N(Cc2ccc(C(F)(F)F)cc2)C2(C(=O)Nc3ccc(N4CCOCC4)cc3)CCCCC2)C1(C)C. The molecule has 0 unspecified atom stereocenters. The highest BCUT2D eigenvalue weighted by Gasteiger charge is 2.60. The van der Waals surface area contributed by atoms with Crippen molar-refractivity contribution in [3.8, 4) is 0 Å². The Morgan fingerprint density at radius 3 is 2.27 bits per heavy atom. The van der Waals surface area contributed by atoms with Crippen LogP contribution in [-0.4, -0.2) is 53.5 Å². The lowest BCUT2D eigenvalue weighted by Gasteiger charge is -2.45. The number of halogens is 3. The lowest BCUT2D eigenvalue weighted by atomic mass is 9.78. The van der Waals surface area contributed by atoms with Crippen molar-refractivity contribution in [2.45, 2.75) is 83.5 Å². The number of H-pyrrole nitrogens is 1. The highest BCUT2D eigenvalue weighted by molar-refractivity contribution is 6.01. The van der Waals surface area contributed by atoms with E-state index < -0.39 is 17.3 Å². The van der Waals surface area contributed by atoms with Crippen molar-refractivity contribution in [1.29, 1.82) is 0 Å². The fraction of sp³-hybridized carbons (Fsp3) is 0.463. The average molecular weight is 701 g/mol. The van der Waals surface area contributed by atoms with Gasteiger partial charge in [-0.3, -0.25) is 9.59 Å². The molecule has 7 nitrogen and oxygen atoms in total. The molecule has 2 atom stereocenters. The first kappa shape index (κ1) is 35.1. The molecule has 1 aliphatic heterocycles. The van der Waals surface area contributed by atoms with Crippen LogP contribution in [0.3, 0.4) is 0 Å². The summed E-state index contributed by atoms with van der Waals surface area (Å²) in [5.41, 5.74) is 3.59. The number of carbonyl (C=O) groups excluding carboxylic acids is 2. The van der Waals surface area contributed by atoms with Crippen molar-refractivity contribution in [2.75, 3.05) is 36.5 Å². The highest BCUT2D eigenvalue weighted by Crippen LogP contribution is 2.67. The zero-order valence-electron chi connectivity index (χ0n) is 29.6. The molecule has 2 heterocycles. The molecule has 2 amide bonds. The molecule has 3 aromatic carbocycles. The van der Waals surface area contributed by atoms with Crippen LogP contribution in [0.2, 0.25) is 0 Å². The molecule has 270 valence electrons. The van der Waals surface area contributed by atoms with E-state index in [1.54, 1.807) is 4.90 Å². The number of carbonyl (C=O) groups is 2. The number of alkyl halides is 3. The molecule has 0 radical (unpaired) electrons. The van der Waals surface area contributed by atoms with Crippen LogP contribution in [-0.2, 0) is 27.0 Å². The van der Waals surface area contributed by atoms with Gasteiger partial charge in [-0.1, -0.05) is 63.4 Å². The standard InChI is InChI=1S/C41H47F3N4O3/c1-27-36(32-9-5-6-10-34(32)45-27)37-33(39(37,2)3)25-35(49)48(26-28-11-13-29(14-12-28)41(42,43)44)40(19-7-4-8-20-40)38(50)46-30-15-17-31(18-16-30)47-21-23-51-24-22-47/h5-6,9-18,33,37,45H,4,7-8,19-26H2,1-3H3,(H,46,50)/t33-,37+/m0/s1. The Balaban J connectivity index is 1.19. The second-order valence-electron chi connectivity index (χ2n) is 15.2. The molecule has 51 heavy (non-hydrogen) atoms. The Morgan fingerprint density at radius 1 is 0.941 bits per heavy atom. The maximum Gasteiger partial charge on any atom is 0.416 e. The van der Waals surface area contributed by atoms with Crippen LogP contribution in [0, 0.1) is 18.3 Å². The fourth-order valence-electron chi connectivity index (χ4n) is 8.74. The van der Waals surface area contributed by atoms with Crippen LogP contribution >= 0.6 is 0 Å². The molecule has 1 saturated heterocycles. The second-order valence-corrected chi connectivity index (χ2v) is 15.2. The summed E-state index contributed by atoms with van der Waals surface area (Å²) in [6, 6.07) is 21.0. The number of para-hydroxylation sites is 1. The molecule has 4 aromatic rings. The number of hydrogen-bond acceptors (Lipinski definition) is 4. The van der Waals surface area contributed by atoms with Crippen molar-refractivity contribution >= 4 is 34.1 Å². The van der Waals surface area contributed by atoms with E-state index in [9.17, 15) is 22.8 Å². The number of aryl methyl sites for hydroxylation is 1. The summed E-state index contributed by atoms with van der Waals surface area (Å²) >= 11 is 0. The van der Waals surface area contributed by atoms with Crippen molar-refractivity contribution < 1.29 is 27.5 Å². The lowest BCUT2D eigenvalue weighted by Crippen LogP contribution is -2.59. The summed E-state index contributed by atoms with van der Waals surface area (Å²) in [5.74, 6) is -0.213.